The van der Waals surface area contributed by atoms with Crippen LogP contribution in [0.5, 0.6) is 0 Å². The summed E-state index contributed by atoms with van der Waals surface area (Å²) in [6.45, 7) is -0.318. The maximum atomic E-state index is 13.7. The van der Waals surface area contributed by atoms with Crippen molar-refractivity contribution in [2.24, 2.45) is 5.73 Å². The average molecular weight is 502 g/mol. The van der Waals surface area contributed by atoms with Gasteiger partial charge < -0.3 is 20.6 Å². The molecular weight excluding hydrogens is 478 g/mol. The summed E-state index contributed by atoms with van der Waals surface area (Å²) in [6, 6.07) is 0.741. The second-order valence-electron chi connectivity index (χ2n) is 8.37. The number of hydrogen-bond acceptors (Lipinski definition) is 7. The molecule has 0 saturated carbocycles. The van der Waals surface area contributed by atoms with Crippen LogP contribution in [-0.2, 0) is 28.7 Å². The molecule has 2 aliphatic rings. The van der Waals surface area contributed by atoms with Gasteiger partial charge in [-0.15, -0.1) is 0 Å². The van der Waals surface area contributed by atoms with Crippen LogP contribution in [0.15, 0.2) is 16.8 Å². The van der Waals surface area contributed by atoms with Gasteiger partial charge in [0.25, 0.3) is 0 Å². The molecule has 3 atom stereocenters. The number of carbonyl (C=O) groups is 2. The van der Waals surface area contributed by atoms with E-state index in [0.717, 1.165) is 4.90 Å². The Hall–Kier alpha value is -2.64. The Morgan fingerprint density at radius 3 is 2.76 bits per heavy atom. The van der Waals surface area contributed by atoms with Gasteiger partial charge in [0.1, 0.15) is 6.17 Å². The zero-order chi connectivity index (χ0) is 24.6. The lowest BCUT2D eigenvalue weighted by Gasteiger charge is -2.36. The highest BCUT2D eigenvalue weighted by atomic mass is 32.1. The lowest BCUT2D eigenvalue weighted by Crippen LogP contribution is -2.54. The summed E-state index contributed by atoms with van der Waals surface area (Å²) in [5.74, 6) is -0.941. The SMILES string of the molecule is N[C@@H](CC(=O)N1CCc2c(nc(-c3ccsc3)nc2C(F)(F)F)C1)CN1C(=O)CCC(F)C1O. The maximum Gasteiger partial charge on any atom is 0.433 e. The van der Waals surface area contributed by atoms with E-state index < -0.39 is 42.1 Å². The molecule has 1 fully saturated rings. The van der Waals surface area contributed by atoms with Crippen LogP contribution in [0.4, 0.5) is 17.6 Å². The molecule has 2 amide bonds. The van der Waals surface area contributed by atoms with Gasteiger partial charge in [-0.3, -0.25) is 9.59 Å². The number of aromatic nitrogens is 2. The van der Waals surface area contributed by atoms with Crippen LogP contribution in [0.1, 0.15) is 36.2 Å². The largest absolute Gasteiger partial charge is 0.433 e. The first-order chi connectivity index (χ1) is 16.0. The van der Waals surface area contributed by atoms with Gasteiger partial charge in [-0.1, -0.05) is 0 Å². The summed E-state index contributed by atoms with van der Waals surface area (Å²) in [5, 5.41) is 13.3. The third kappa shape index (κ3) is 5.05. The monoisotopic (exact) mass is 501 g/mol. The van der Waals surface area contributed by atoms with Crippen molar-refractivity contribution in [1.82, 2.24) is 19.8 Å². The molecule has 0 aliphatic carbocycles. The molecule has 13 heteroatoms. The highest BCUT2D eigenvalue weighted by Gasteiger charge is 2.40. The molecule has 0 spiro atoms. The smallest absolute Gasteiger partial charge is 0.370 e. The first-order valence-electron chi connectivity index (χ1n) is 10.7. The lowest BCUT2D eigenvalue weighted by molar-refractivity contribution is -0.155. The number of carbonyl (C=O) groups excluding carboxylic acids is 2. The minimum atomic E-state index is -4.66. The number of nitrogens with two attached hydrogens (primary N) is 1. The van der Waals surface area contributed by atoms with Crippen LogP contribution in [0.3, 0.4) is 0 Å². The molecule has 1 saturated heterocycles. The van der Waals surface area contributed by atoms with Crippen LogP contribution in [-0.4, -0.2) is 68.2 Å². The van der Waals surface area contributed by atoms with Gasteiger partial charge in [0, 0.05) is 48.5 Å². The van der Waals surface area contributed by atoms with Gasteiger partial charge in [-0.05, 0) is 24.3 Å². The van der Waals surface area contributed by atoms with Gasteiger partial charge in [-0.25, -0.2) is 14.4 Å². The van der Waals surface area contributed by atoms with E-state index in [1.165, 1.54) is 16.2 Å². The Bertz CT molecular complexity index is 1070. The van der Waals surface area contributed by atoms with Crippen LogP contribution in [0.2, 0.25) is 0 Å². The normalized spacial score (nSPS) is 22.0. The number of likely N-dealkylation sites (tertiary alicyclic amines) is 1. The predicted molar refractivity (Wildman–Crippen MR) is 114 cm³/mol. The van der Waals surface area contributed by atoms with Gasteiger partial charge in [0.05, 0.1) is 12.2 Å². The third-order valence-electron chi connectivity index (χ3n) is 5.93. The van der Waals surface area contributed by atoms with E-state index in [4.69, 9.17) is 5.73 Å². The number of aliphatic hydroxyl groups excluding tert-OH is 1. The Balaban J connectivity index is 1.48. The quantitative estimate of drug-likeness (QED) is 0.607. The molecule has 34 heavy (non-hydrogen) atoms. The maximum absolute atomic E-state index is 13.7. The van der Waals surface area contributed by atoms with E-state index in [9.17, 15) is 32.3 Å². The van der Waals surface area contributed by atoms with Crippen LogP contribution < -0.4 is 5.73 Å². The fourth-order valence-electron chi connectivity index (χ4n) is 4.18. The van der Waals surface area contributed by atoms with E-state index in [1.807, 2.05) is 0 Å². The number of halogens is 4. The highest BCUT2D eigenvalue weighted by molar-refractivity contribution is 7.08. The summed E-state index contributed by atoms with van der Waals surface area (Å²) < 4.78 is 54.8. The molecule has 3 N–H and O–H groups in total. The van der Waals surface area contributed by atoms with Crippen molar-refractivity contribution < 1.29 is 32.3 Å². The fourth-order valence-corrected chi connectivity index (χ4v) is 4.81. The first kappa shape index (κ1) is 24.5. The summed E-state index contributed by atoms with van der Waals surface area (Å²) >= 11 is 1.30. The number of amides is 2. The predicted octanol–water partition coefficient (Wildman–Crippen LogP) is 2.10. The number of aliphatic hydroxyl groups is 1. The topological polar surface area (TPSA) is 113 Å². The number of hydrogen-bond donors (Lipinski definition) is 2. The summed E-state index contributed by atoms with van der Waals surface area (Å²) in [5.41, 5.74) is 5.55. The zero-order valence-electron chi connectivity index (χ0n) is 18.0. The van der Waals surface area contributed by atoms with Crippen LogP contribution in [0.25, 0.3) is 11.4 Å². The molecule has 2 aliphatic heterocycles. The molecule has 2 aromatic rings. The van der Waals surface area contributed by atoms with Crippen molar-refractivity contribution in [3.8, 4) is 11.4 Å². The zero-order valence-corrected chi connectivity index (χ0v) is 18.8. The minimum Gasteiger partial charge on any atom is -0.370 e. The Kier molecular flexibility index (Phi) is 6.87. The van der Waals surface area contributed by atoms with Crippen molar-refractivity contribution >= 4 is 23.2 Å². The van der Waals surface area contributed by atoms with Gasteiger partial charge in [-0.2, -0.15) is 24.5 Å². The molecular formula is C21H23F4N5O3S. The molecule has 0 aromatic carbocycles. The van der Waals surface area contributed by atoms with Crippen LogP contribution in [0, 0.1) is 0 Å². The number of fused-ring (bicyclic) bond motifs is 1. The summed E-state index contributed by atoms with van der Waals surface area (Å²) in [6.07, 6.45) is -8.29. The fraction of sp³-hybridized carbons (Fsp3) is 0.524. The van der Waals surface area contributed by atoms with Gasteiger partial charge >= 0.3 is 6.18 Å². The highest BCUT2D eigenvalue weighted by Crippen LogP contribution is 2.35. The lowest BCUT2D eigenvalue weighted by atomic mass is 10.0. The first-order valence-corrected chi connectivity index (χ1v) is 11.6. The Labute approximate surface area is 196 Å². The number of thiophene rings is 1. The van der Waals surface area contributed by atoms with Crippen molar-refractivity contribution in [3.05, 3.63) is 33.8 Å². The number of piperidine rings is 1. The second kappa shape index (κ2) is 9.55. The van der Waals surface area contributed by atoms with Crippen molar-refractivity contribution in [1.29, 1.82) is 0 Å². The summed E-state index contributed by atoms with van der Waals surface area (Å²) in [7, 11) is 0. The van der Waals surface area contributed by atoms with E-state index in [-0.39, 0.29) is 62.4 Å². The Morgan fingerprint density at radius 2 is 2.09 bits per heavy atom. The Morgan fingerprint density at radius 1 is 1.32 bits per heavy atom. The molecule has 0 radical (unpaired) electrons. The van der Waals surface area contributed by atoms with E-state index in [1.54, 1.807) is 16.8 Å². The van der Waals surface area contributed by atoms with E-state index in [0.29, 0.717) is 5.56 Å². The van der Waals surface area contributed by atoms with Gasteiger partial charge in [0.2, 0.25) is 11.8 Å². The molecule has 0 bridgehead atoms. The summed E-state index contributed by atoms with van der Waals surface area (Å²) in [4.78, 5) is 35.2. The minimum absolute atomic E-state index is 0.0284. The molecule has 2 aromatic heterocycles. The molecule has 4 rings (SSSR count). The molecule has 2 unspecified atom stereocenters. The van der Waals surface area contributed by atoms with Crippen molar-refractivity contribution in [2.45, 2.75) is 56.8 Å². The third-order valence-corrected chi connectivity index (χ3v) is 6.61. The van der Waals surface area contributed by atoms with Crippen molar-refractivity contribution in [2.75, 3.05) is 13.1 Å². The molecule has 4 heterocycles. The average Bonchev–Trinajstić information content (AvgIpc) is 3.32. The van der Waals surface area contributed by atoms with E-state index in [2.05, 4.69) is 9.97 Å². The van der Waals surface area contributed by atoms with E-state index >= 15 is 0 Å². The number of nitrogens with zero attached hydrogens (tertiary/aromatic N) is 4. The molecule has 8 nitrogen and oxygen atoms in total. The number of alkyl halides is 4. The van der Waals surface area contributed by atoms with Crippen LogP contribution >= 0.6 is 11.3 Å². The van der Waals surface area contributed by atoms with Crippen molar-refractivity contribution in [3.63, 3.8) is 0 Å². The standard InChI is InChI=1S/C21H23F4N5O3S/c22-14-1-2-16(31)30(20(14)33)8-12(26)7-17(32)29-5-3-13-15(9-29)27-19(11-4-6-34-10-11)28-18(13)21(23,24)25/h4,6,10,12,14,20,33H,1-3,5,7-9,26H2/t12-,14?,20?/m0/s1. The molecule has 184 valence electrons. The van der Waals surface area contributed by atoms with Gasteiger partial charge in [0.15, 0.2) is 17.7 Å². The number of rotatable bonds is 5. The second-order valence-corrected chi connectivity index (χ2v) is 9.15.